The van der Waals surface area contributed by atoms with Gasteiger partial charge in [-0.1, -0.05) is 6.07 Å². The zero-order chi connectivity index (χ0) is 18.7. The molecule has 0 unspecified atom stereocenters. The van der Waals surface area contributed by atoms with Crippen molar-refractivity contribution in [2.24, 2.45) is 0 Å². The first-order chi connectivity index (χ1) is 12.5. The minimum atomic E-state index is -1.29. The van der Waals surface area contributed by atoms with Crippen molar-refractivity contribution in [3.05, 3.63) is 70.4 Å². The molecule has 1 atom stereocenters. The SMILES string of the molecule is CN1CCN(C(=O)[C@H](C(=O)c2ccc(F)cc2)n2ccccc2=O)CC1. The Balaban J connectivity index is 1.98. The average Bonchev–Trinajstić information content (AvgIpc) is 2.64. The van der Waals surface area contributed by atoms with Gasteiger partial charge in [-0.15, -0.1) is 0 Å². The minimum Gasteiger partial charge on any atom is -0.338 e. The second kappa shape index (κ2) is 7.61. The molecule has 26 heavy (non-hydrogen) atoms. The highest BCUT2D eigenvalue weighted by atomic mass is 19.1. The lowest BCUT2D eigenvalue weighted by atomic mass is 10.0. The van der Waals surface area contributed by atoms with Gasteiger partial charge in [0.05, 0.1) is 0 Å². The number of Topliss-reactive ketones (excluding diaryl/α,β-unsaturated/α-hetero) is 1. The molecule has 1 aliphatic heterocycles. The van der Waals surface area contributed by atoms with E-state index >= 15 is 0 Å². The molecule has 2 aromatic rings. The van der Waals surface area contributed by atoms with E-state index in [-0.39, 0.29) is 5.56 Å². The van der Waals surface area contributed by atoms with E-state index < -0.39 is 29.1 Å². The monoisotopic (exact) mass is 357 g/mol. The number of carbonyl (C=O) groups is 2. The summed E-state index contributed by atoms with van der Waals surface area (Å²) in [5, 5.41) is 0. The van der Waals surface area contributed by atoms with Crippen LogP contribution in [0.5, 0.6) is 0 Å². The van der Waals surface area contributed by atoms with Crippen molar-refractivity contribution in [3.63, 3.8) is 0 Å². The lowest BCUT2D eigenvalue weighted by Crippen LogP contribution is -2.51. The molecule has 0 aliphatic carbocycles. The summed E-state index contributed by atoms with van der Waals surface area (Å²) in [5.74, 6) is -1.41. The number of carbonyl (C=O) groups excluding carboxylic acids is 2. The third-order valence-electron chi connectivity index (χ3n) is 4.56. The maximum Gasteiger partial charge on any atom is 0.253 e. The summed E-state index contributed by atoms with van der Waals surface area (Å²) in [6.07, 6.45) is 1.43. The van der Waals surface area contributed by atoms with E-state index in [1.165, 1.54) is 36.5 Å². The number of ketones is 1. The lowest BCUT2D eigenvalue weighted by molar-refractivity contribution is -0.135. The molecule has 136 valence electrons. The number of halogens is 1. The molecule has 1 fully saturated rings. The molecule has 0 radical (unpaired) electrons. The molecular formula is C19H20FN3O3. The van der Waals surface area contributed by atoms with E-state index in [0.717, 1.165) is 4.57 Å². The van der Waals surface area contributed by atoms with Gasteiger partial charge in [0.1, 0.15) is 5.82 Å². The van der Waals surface area contributed by atoms with E-state index in [1.54, 1.807) is 17.0 Å². The van der Waals surface area contributed by atoms with E-state index in [9.17, 15) is 18.8 Å². The fraction of sp³-hybridized carbons (Fsp3) is 0.316. The van der Waals surface area contributed by atoms with Crippen LogP contribution in [0.25, 0.3) is 0 Å². The molecule has 1 aromatic heterocycles. The summed E-state index contributed by atoms with van der Waals surface area (Å²) >= 11 is 0. The number of rotatable bonds is 4. The summed E-state index contributed by atoms with van der Waals surface area (Å²) in [4.78, 5) is 42.1. The summed E-state index contributed by atoms with van der Waals surface area (Å²) in [6, 6.07) is 8.16. The van der Waals surface area contributed by atoms with Gasteiger partial charge < -0.3 is 9.80 Å². The third kappa shape index (κ3) is 3.72. The Labute approximate surface area is 150 Å². The summed E-state index contributed by atoms with van der Waals surface area (Å²) in [5.41, 5.74) is -0.245. The van der Waals surface area contributed by atoms with Crippen LogP contribution >= 0.6 is 0 Å². The van der Waals surface area contributed by atoms with E-state index in [1.807, 2.05) is 7.05 Å². The van der Waals surface area contributed by atoms with E-state index in [2.05, 4.69) is 4.90 Å². The first kappa shape index (κ1) is 18.0. The fourth-order valence-electron chi connectivity index (χ4n) is 2.98. The number of likely N-dealkylation sites (N-methyl/N-ethyl adjacent to an activating group) is 1. The van der Waals surface area contributed by atoms with Crippen LogP contribution in [0.2, 0.25) is 0 Å². The zero-order valence-corrected chi connectivity index (χ0v) is 14.5. The average molecular weight is 357 g/mol. The Bertz CT molecular complexity index is 855. The topological polar surface area (TPSA) is 62.6 Å². The molecule has 6 nitrogen and oxygen atoms in total. The summed E-state index contributed by atoms with van der Waals surface area (Å²) in [7, 11) is 1.96. The van der Waals surface area contributed by atoms with Gasteiger partial charge in [-0.2, -0.15) is 0 Å². The van der Waals surface area contributed by atoms with Gasteiger partial charge in [-0.25, -0.2) is 4.39 Å². The molecule has 2 heterocycles. The van der Waals surface area contributed by atoms with Gasteiger partial charge in [0.2, 0.25) is 0 Å². The van der Waals surface area contributed by atoms with Crippen molar-refractivity contribution in [1.82, 2.24) is 14.4 Å². The zero-order valence-electron chi connectivity index (χ0n) is 14.5. The smallest absolute Gasteiger partial charge is 0.253 e. The number of aromatic nitrogens is 1. The summed E-state index contributed by atoms with van der Waals surface area (Å²) in [6.45, 7) is 2.38. The molecule has 3 rings (SSSR count). The van der Waals surface area contributed by atoms with Crippen molar-refractivity contribution in [1.29, 1.82) is 0 Å². The number of piperazine rings is 1. The number of hydrogen-bond donors (Lipinski definition) is 0. The maximum absolute atomic E-state index is 13.2. The van der Waals surface area contributed by atoms with Crippen LogP contribution in [0.15, 0.2) is 53.5 Å². The first-order valence-corrected chi connectivity index (χ1v) is 8.41. The molecule has 0 spiro atoms. The Hall–Kier alpha value is -2.80. The molecule has 7 heteroatoms. The van der Waals surface area contributed by atoms with E-state index in [4.69, 9.17) is 0 Å². The molecule has 0 bridgehead atoms. The molecule has 1 aliphatic rings. The van der Waals surface area contributed by atoms with Crippen molar-refractivity contribution in [3.8, 4) is 0 Å². The van der Waals surface area contributed by atoms with Crippen molar-refractivity contribution in [2.45, 2.75) is 6.04 Å². The predicted octanol–water partition coefficient (Wildman–Crippen LogP) is 1.19. The van der Waals surface area contributed by atoms with Gasteiger partial charge in [-0.05, 0) is 37.4 Å². The standard InChI is InChI=1S/C19H20FN3O3/c1-21-10-12-22(13-11-21)19(26)17(23-9-3-2-4-16(23)24)18(25)14-5-7-15(20)8-6-14/h2-9,17H,10-13H2,1H3/t17-/m0/s1. The molecule has 0 N–H and O–H groups in total. The van der Waals surface area contributed by atoms with Gasteiger partial charge in [-0.3, -0.25) is 19.0 Å². The van der Waals surface area contributed by atoms with Crippen LogP contribution < -0.4 is 5.56 Å². The molecule has 1 amide bonds. The predicted molar refractivity (Wildman–Crippen MR) is 94.5 cm³/mol. The number of pyridine rings is 1. The Morgan fingerprint density at radius 3 is 2.27 bits per heavy atom. The number of amides is 1. The van der Waals surface area contributed by atoms with Crippen LogP contribution in [-0.2, 0) is 4.79 Å². The van der Waals surface area contributed by atoms with Gasteiger partial charge in [0.25, 0.3) is 11.5 Å². The lowest BCUT2D eigenvalue weighted by Gasteiger charge is -2.34. The molecule has 1 saturated heterocycles. The van der Waals surface area contributed by atoms with Crippen molar-refractivity contribution >= 4 is 11.7 Å². The Kier molecular flexibility index (Phi) is 5.27. The van der Waals surface area contributed by atoms with Crippen LogP contribution in [0.3, 0.4) is 0 Å². The van der Waals surface area contributed by atoms with Crippen LogP contribution in [0.1, 0.15) is 16.4 Å². The molecule has 0 saturated carbocycles. The van der Waals surface area contributed by atoms with Gasteiger partial charge in [0, 0.05) is 44.0 Å². The van der Waals surface area contributed by atoms with Crippen molar-refractivity contribution < 1.29 is 14.0 Å². The highest BCUT2D eigenvalue weighted by Crippen LogP contribution is 2.18. The highest BCUT2D eigenvalue weighted by molar-refractivity contribution is 6.11. The van der Waals surface area contributed by atoms with Crippen LogP contribution in [0, 0.1) is 5.82 Å². The quantitative estimate of drug-likeness (QED) is 0.609. The second-order valence-electron chi connectivity index (χ2n) is 6.35. The number of benzene rings is 1. The van der Waals surface area contributed by atoms with Gasteiger partial charge >= 0.3 is 0 Å². The Morgan fingerprint density at radius 2 is 1.65 bits per heavy atom. The van der Waals surface area contributed by atoms with Gasteiger partial charge in [0.15, 0.2) is 11.8 Å². The maximum atomic E-state index is 13.2. The van der Waals surface area contributed by atoms with Crippen LogP contribution in [-0.4, -0.2) is 59.3 Å². The first-order valence-electron chi connectivity index (χ1n) is 8.41. The Morgan fingerprint density at radius 1 is 1.00 bits per heavy atom. The van der Waals surface area contributed by atoms with Crippen LogP contribution in [0.4, 0.5) is 4.39 Å². The number of nitrogens with zero attached hydrogens (tertiary/aromatic N) is 3. The molecular weight excluding hydrogens is 337 g/mol. The highest BCUT2D eigenvalue weighted by Gasteiger charge is 2.34. The number of hydrogen-bond acceptors (Lipinski definition) is 4. The summed E-state index contributed by atoms with van der Waals surface area (Å²) < 4.78 is 14.3. The fourth-order valence-corrected chi connectivity index (χ4v) is 2.98. The molecule has 1 aromatic carbocycles. The third-order valence-corrected chi connectivity index (χ3v) is 4.56. The second-order valence-corrected chi connectivity index (χ2v) is 6.35. The minimum absolute atomic E-state index is 0.189. The van der Waals surface area contributed by atoms with E-state index in [0.29, 0.717) is 26.2 Å². The van der Waals surface area contributed by atoms with Crippen molar-refractivity contribution in [2.75, 3.05) is 33.2 Å². The normalized spacial score (nSPS) is 16.3. The largest absolute Gasteiger partial charge is 0.338 e.